The highest BCUT2D eigenvalue weighted by molar-refractivity contribution is 6.06. The first-order chi connectivity index (χ1) is 6.99. The van der Waals surface area contributed by atoms with Gasteiger partial charge in [-0.15, -0.1) is 0 Å². The van der Waals surface area contributed by atoms with Crippen molar-refractivity contribution in [1.82, 2.24) is 14.7 Å². The Hall–Kier alpha value is -1.10. The van der Waals surface area contributed by atoms with Crippen LogP contribution < -0.4 is 0 Å². The van der Waals surface area contributed by atoms with Gasteiger partial charge in [-0.3, -0.25) is 9.69 Å². The third-order valence-electron chi connectivity index (χ3n) is 3.73. The molecule has 84 valence electrons. The van der Waals surface area contributed by atoms with Gasteiger partial charge in [0, 0.05) is 27.2 Å². The molecule has 2 saturated heterocycles. The van der Waals surface area contributed by atoms with E-state index in [0.29, 0.717) is 0 Å². The lowest BCUT2D eigenvalue weighted by Crippen LogP contribution is -2.54. The van der Waals surface area contributed by atoms with Gasteiger partial charge < -0.3 is 9.80 Å². The molecule has 3 amide bonds. The third kappa shape index (κ3) is 1.26. The Morgan fingerprint density at radius 3 is 2.00 bits per heavy atom. The van der Waals surface area contributed by atoms with E-state index in [4.69, 9.17) is 0 Å². The molecule has 0 aromatic heterocycles. The second kappa shape index (κ2) is 3.20. The fraction of sp³-hybridized carbons (Fsp3) is 0.800. The fourth-order valence-electron chi connectivity index (χ4n) is 2.49. The first-order valence-corrected chi connectivity index (χ1v) is 5.23. The van der Waals surface area contributed by atoms with Crippen LogP contribution in [0.25, 0.3) is 0 Å². The number of piperidine rings is 1. The number of carbonyl (C=O) groups is 2. The van der Waals surface area contributed by atoms with E-state index in [9.17, 15) is 9.59 Å². The second-order valence-electron chi connectivity index (χ2n) is 4.54. The zero-order valence-corrected chi connectivity index (χ0v) is 9.49. The molecule has 1 spiro atoms. The van der Waals surface area contributed by atoms with E-state index in [-0.39, 0.29) is 11.9 Å². The Morgan fingerprint density at radius 1 is 1.07 bits per heavy atom. The monoisotopic (exact) mass is 211 g/mol. The van der Waals surface area contributed by atoms with Crippen LogP contribution in [0.2, 0.25) is 0 Å². The van der Waals surface area contributed by atoms with Crippen molar-refractivity contribution in [3.05, 3.63) is 0 Å². The number of urea groups is 1. The summed E-state index contributed by atoms with van der Waals surface area (Å²) in [6.45, 7) is 1.74. The van der Waals surface area contributed by atoms with Crippen LogP contribution in [0.3, 0.4) is 0 Å². The van der Waals surface area contributed by atoms with Crippen LogP contribution in [-0.2, 0) is 4.79 Å². The van der Waals surface area contributed by atoms with Gasteiger partial charge in [-0.1, -0.05) is 0 Å². The van der Waals surface area contributed by atoms with Crippen molar-refractivity contribution < 1.29 is 9.59 Å². The van der Waals surface area contributed by atoms with Crippen molar-refractivity contribution in [3.63, 3.8) is 0 Å². The molecule has 5 nitrogen and oxygen atoms in total. The van der Waals surface area contributed by atoms with Crippen LogP contribution in [0.5, 0.6) is 0 Å². The predicted octanol–water partition coefficient (Wildman–Crippen LogP) is -0.0254. The van der Waals surface area contributed by atoms with Gasteiger partial charge in [0.25, 0.3) is 5.91 Å². The minimum absolute atomic E-state index is 0.0388. The lowest BCUT2D eigenvalue weighted by atomic mass is 9.86. The van der Waals surface area contributed by atoms with Crippen molar-refractivity contribution in [2.75, 3.05) is 34.2 Å². The number of amides is 3. The standard InChI is InChI=1S/C10H17N3O2/c1-11-6-4-10(5-7-11)8(14)12(2)9(15)13(10)3/h4-7H2,1-3H3. The number of carbonyl (C=O) groups excluding carboxylic acids is 2. The Balaban J connectivity index is 2.28. The highest BCUT2D eigenvalue weighted by Gasteiger charge is 2.54. The lowest BCUT2D eigenvalue weighted by molar-refractivity contribution is -0.134. The van der Waals surface area contributed by atoms with Crippen LogP contribution in [0.15, 0.2) is 0 Å². The maximum absolute atomic E-state index is 12.1. The first-order valence-electron chi connectivity index (χ1n) is 5.23. The molecule has 0 N–H and O–H groups in total. The molecule has 2 heterocycles. The SMILES string of the molecule is CN1CCC2(CC1)C(=O)N(C)C(=O)N2C. The highest BCUT2D eigenvalue weighted by Crippen LogP contribution is 2.34. The number of rotatable bonds is 0. The highest BCUT2D eigenvalue weighted by atomic mass is 16.2. The van der Waals surface area contributed by atoms with E-state index in [1.807, 2.05) is 7.05 Å². The smallest absolute Gasteiger partial charge is 0.312 e. The Morgan fingerprint density at radius 2 is 1.60 bits per heavy atom. The molecule has 5 heteroatoms. The maximum Gasteiger partial charge on any atom is 0.327 e. The third-order valence-corrected chi connectivity index (χ3v) is 3.73. The molecule has 0 aliphatic carbocycles. The molecule has 0 atom stereocenters. The van der Waals surface area contributed by atoms with Crippen molar-refractivity contribution in [1.29, 1.82) is 0 Å². The molecule has 0 bridgehead atoms. The van der Waals surface area contributed by atoms with Crippen LogP contribution >= 0.6 is 0 Å². The van der Waals surface area contributed by atoms with Crippen molar-refractivity contribution >= 4 is 11.9 Å². The number of hydrogen-bond acceptors (Lipinski definition) is 3. The molecule has 2 fully saturated rings. The van der Waals surface area contributed by atoms with Crippen molar-refractivity contribution in [2.45, 2.75) is 18.4 Å². The first kappa shape index (κ1) is 10.4. The van der Waals surface area contributed by atoms with Gasteiger partial charge in [0.15, 0.2) is 0 Å². The van der Waals surface area contributed by atoms with Gasteiger partial charge >= 0.3 is 6.03 Å². The summed E-state index contributed by atoms with van der Waals surface area (Å²) in [7, 11) is 5.33. The number of nitrogens with zero attached hydrogens (tertiary/aromatic N) is 3. The van der Waals surface area contributed by atoms with E-state index in [2.05, 4.69) is 4.90 Å². The minimum Gasteiger partial charge on any atom is -0.312 e. The van der Waals surface area contributed by atoms with E-state index in [1.54, 1.807) is 19.0 Å². The Kier molecular flexibility index (Phi) is 2.22. The summed E-state index contributed by atoms with van der Waals surface area (Å²) in [6.07, 6.45) is 1.49. The molecule has 0 aromatic carbocycles. The molecule has 2 aliphatic rings. The van der Waals surface area contributed by atoms with E-state index >= 15 is 0 Å². The molecule has 0 unspecified atom stereocenters. The molecule has 0 radical (unpaired) electrons. The van der Waals surface area contributed by atoms with Crippen LogP contribution in [0, 0.1) is 0 Å². The zero-order valence-electron chi connectivity index (χ0n) is 9.49. The van der Waals surface area contributed by atoms with Gasteiger partial charge in [0.05, 0.1) is 0 Å². The number of imide groups is 1. The summed E-state index contributed by atoms with van der Waals surface area (Å²) in [6, 6.07) is -0.176. The van der Waals surface area contributed by atoms with Crippen LogP contribution in [0.1, 0.15) is 12.8 Å². The van der Waals surface area contributed by atoms with E-state index in [0.717, 1.165) is 25.9 Å². The quantitative estimate of drug-likeness (QED) is 0.529. The summed E-state index contributed by atoms with van der Waals surface area (Å²) in [4.78, 5) is 28.8. The number of hydrogen-bond donors (Lipinski definition) is 0. The maximum atomic E-state index is 12.1. The summed E-state index contributed by atoms with van der Waals surface area (Å²) < 4.78 is 0. The number of likely N-dealkylation sites (N-methyl/N-ethyl adjacent to an activating group) is 2. The topological polar surface area (TPSA) is 43.9 Å². The largest absolute Gasteiger partial charge is 0.327 e. The zero-order chi connectivity index (χ0) is 11.2. The minimum atomic E-state index is -0.557. The van der Waals surface area contributed by atoms with Gasteiger partial charge in [0.2, 0.25) is 0 Å². The summed E-state index contributed by atoms with van der Waals surface area (Å²) in [5, 5.41) is 0. The van der Waals surface area contributed by atoms with Gasteiger partial charge in [-0.05, 0) is 19.9 Å². The molecule has 0 aromatic rings. The molecule has 2 aliphatic heterocycles. The lowest BCUT2D eigenvalue weighted by Gasteiger charge is -2.39. The normalized spacial score (nSPS) is 26.9. The van der Waals surface area contributed by atoms with E-state index in [1.165, 1.54) is 4.90 Å². The van der Waals surface area contributed by atoms with E-state index < -0.39 is 5.54 Å². The van der Waals surface area contributed by atoms with Crippen LogP contribution in [0.4, 0.5) is 4.79 Å². The summed E-state index contributed by atoms with van der Waals surface area (Å²) in [5.74, 6) is -0.0388. The Labute approximate surface area is 89.6 Å². The van der Waals surface area contributed by atoms with Crippen molar-refractivity contribution in [2.24, 2.45) is 0 Å². The summed E-state index contributed by atoms with van der Waals surface area (Å²) in [5.41, 5.74) is -0.557. The molecule has 2 rings (SSSR count). The van der Waals surface area contributed by atoms with Crippen molar-refractivity contribution in [3.8, 4) is 0 Å². The average Bonchev–Trinajstić information content (AvgIpc) is 2.39. The molecule has 15 heavy (non-hydrogen) atoms. The molecular formula is C10H17N3O2. The molecular weight excluding hydrogens is 194 g/mol. The van der Waals surface area contributed by atoms with Gasteiger partial charge in [0.1, 0.15) is 5.54 Å². The average molecular weight is 211 g/mol. The number of likely N-dealkylation sites (tertiary alicyclic amines) is 1. The Bertz CT molecular complexity index is 308. The molecule has 0 saturated carbocycles. The van der Waals surface area contributed by atoms with Gasteiger partial charge in [-0.25, -0.2) is 4.79 Å². The van der Waals surface area contributed by atoms with Crippen LogP contribution in [-0.4, -0.2) is 66.4 Å². The predicted molar refractivity (Wildman–Crippen MR) is 55.4 cm³/mol. The van der Waals surface area contributed by atoms with Gasteiger partial charge in [-0.2, -0.15) is 0 Å². The second-order valence-corrected chi connectivity index (χ2v) is 4.54. The summed E-state index contributed by atoms with van der Waals surface area (Å²) >= 11 is 0. The fourth-order valence-corrected chi connectivity index (χ4v) is 2.49.